The summed E-state index contributed by atoms with van der Waals surface area (Å²) in [5, 5.41) is 11.5. The number of aromatic nitrogens is 2. The molecule has 29 heavy (non-hydrogen) atoms. The predicted octanol–water partition coefficient (Wildman–Crippen LogP) is 4.19. The highest BCUT2D eigenvalue weighted by molar-refractivity contribution is 7.98. The minimum Gasteiger partial charge on any atom is -0.258 e. The molecule has 3 rings (SSSR count). The van der Waals surface area contributed by atoms with E-state index in [1.54, 1.807) is 6.07 Å². The lowest BCUT2D eigenvalue weighted by molar-refractivity contribution is -0.385. The van der Waals surface area contributed by atoms with Gasteiger partial charge in [0.15, 0.2) is 0 Å². The van der Waals surface area contributed by atoms with Crippen molar-refractivity contribution in [1.82, 2.24) is 9.97 Å². The molecule has 1 aromatic heterocycles. The molecule has 0 aliphatic carbocycles. The molecule has 1 N–H and O–H groups in total. The molecule has 0 unspecified atom stereocenters. The lowest BCUT2D eigenvalue weighted by Crippen LogP contribution is -2.16. The van der Waals surface area contributed by atoms with Crippen LogP contribution in [0.3, 0.4) is 0 Å². The normalized spacial score (nSPS) is 11.3. The van der Waals surface area contributed by atoms with Crippen molar-refractivity contribution in [3.8, 4) is 11.3 Å². The van der Waals surface area contributed by atoms with E-state index in [1.807, 2.05) is 38.3 Å². The van der Waals surface area contributed by atoms with Crippen molar-refractivity contribution < 1.29 is 13.3 Å². The molecular formula is C19H18N4O4S2. The maximum atomic E-state index is 12.7. The molecule has 0 fully saturated rings. The van der Waals surface area contributed by atoms with Gasteiger partial charge in [0.2, 0.25) is 5.95 Å². The summed E-state index contributed by atoms with van der Waals surface area (Å²) in [4.78, 5) is 18.7. The van der Waals surface area contributed by atoms with Gasteiger partial charge in [0.05, 0.1) is 15.5 Å². The van der Waals surface area contributed by atoms with E-state index in [4.69, 9.17) is 0 Å². The minimum atomic E-state index is -4.10. The van der Waals surface area contributed by atoms with Crippen molar-refractivity contribution in [2.75, 3.05) is 11.0 Å². The Morgan fingerprint density at radius 1 is 1.03 bits per heavy atom. The van der Waals surface area contributed by atoms with Crippen molar-refractivity contribution in [3.05, 3.63) is 69.8 Å². The monoisotopic (exact) mass is 430 g/mol. The van der Waals surface area contributed by atoms with Crippen molar-refractivity contribution in [1.29, 1.82) is 0 Å². The van der Waals surface area contributed by atoms with Crippen LogP contribution in [0.2, 0.25) is 0 Å². The Labute approximate surface area is 172 Å². The number of anilines is 1. The van der Waals surface area contributed by atoms with Gasteiger partial charge in [-0.3, -0.25) is 10.1 Å². The van der Waals surface area contributed by atoms with E-state index < -0.39 is 14.9 Å². The Hall–Kier alpha value is -2.98. The molecule has 2 aromatic carbocycles. The van der Waals surface area contributed by atoms with Crippen LogP contribution in [0, 0.1) is 24.0 Å². The summed E-state index contributed by atoms with van der Waals surface area (Å²) >= 11 is 1.36. The van der Waals surface area contributed by atoms with Crippen LogP contribution < -0.4 is 4.72 Å². The van der Waals surface area contributed by atoms with Gasteiger partial charge in [0, 0.05) is 17.7 Å². The number of aryl methyl sites for hydroxylation is 2. The number of nitrogens with zero attached hydrogens (tertiary/aromatic N) is 3. The second kappa shape index (κ2) is 8.18. The zero-order valence-electron chi connectivity index (χ0n) is 15.9. The Bertz CT molecular complexity index is 1180. The number of non-ortho nitro benzene ring substituents is 1. The van der Waals surface area contributed by atoms with E-state index in [1.165, 1.54) is 30.0 Å². The summed E-state index contributed by atoms with van der Waals surface area (Å²) in [7, 11) is -4.10. The Balaban J connectivity index is 2.05. The minimum absolute atomic E-state index is 0.0963. The van der Waals surface area contributed by atoms with Gasteiger partial charge < -0.3 is 0 Å². The number of rotatable bonds is 6. The van der Waals surface area contributed by atoms with Crippen LogP contribution in [0.25, 0.3) is 11.3 Å². The van der Waals surface area contributed by atoms with Gasteiger partial charge in [-0.05, 0) is 43.4 Å². The van der Waals surface area contributed by atoms with Crippen LogP contribution in [0.4, 0.5) is 11.6 Å². The average Bonchev–Trinajstić information content (AvgIpc) is 2.67. The number of hydrogen-bond donors (Lipinski definition) is 1. The van der Waals surface area contributed by atoms with Gasteiger partial charge in [-0.25, -0.2) is 23.1 Å². The largest absolute Gasteiger partial charge is 0.270 e. The van der Waals surface area contributed by atoms with Crippen molar-refractivity contribution >= 4 is 33.4 Å². The third kappa shape index (κ3) is 4.54. The maximum absolute atomic E-state index is 12.7. The summed E-state index contributed by atoms with van der Waals surface area (Å²) in [5.74, 6) is -0.0963. The highest BCUT2D eigenvalue weighted by atomic mass is 32.2. The number of sulfonamides is 1. The average molecular weight is 431 g/mol. The maximum Gasteiger partial charge on any atom is 0.270 e. The first kappa shape index (κ1) is 20.7. The Morgan fingerprint density at radius 3 is 2.31 bits per heavy atom. The summed E-state index contributed by atoms with van der Waals surface area (Å²) in [6, 6.07) is 12.5. The topological polar surface area (TPSA) is 115 Å². The molecule has 0 radical (unpaired) electrons. The summed E-state index contributed by atoms with van der Waals surface area (Å²) < 4.78 is 27.8. The second-order valence-electron chi connectivity index (χ2n) is 6.25. The fourth-order valence-corrected chi connectivity index (χ4v) is 4.26. The molecule has 3 aromatic rings. The van der Waals surface area contributed by atoms with Gasteiger partial charge >= 0.3 is 0 Å². The highest BCUT2D eigenvalue weighted by Crippen LogP contribution is 2.29. The zero-order chi connectivity index (χ0) is 21.2. The molecule has 10 heteroatoms. The SMILES string of the molecule is CSc1cc(-c2c(C)cccc2C)nc(NS(=O)(=O)c2cccc([N+](=O)[O-])c2)n1. The van der Waals surface area contributed by atoms with E-state index in [-0.39, 0.29) is 16.5 Å². The van der Waals surface area contributed by atoms with Crippen LogP contribution in [0.5, 0.6) is 0 Å². The van der Waals surface area contributed by atoms with Gasteiger partial charge in [-0.2, -0.15) is 0 Å². The predicted molar refractivity (Wildman–Crippen MR) is 113 cm³/mol. The molecule has 0 atom stereocenters. The van der Waals surface area contributed by atoms with Crippen LogP contribution in [0.15, 0.2) is 58.5 Å². The zero-order valence-corrected chi connectivity index (χ0v) is 17.5. The third-order valence-corrected chi connectivity index (χ3v) is 6.17. The third-order valence-electron chi connectivity index (χ3n) is 4.21. The molecule has 0 aliphatic rings. The molecule has 0 amide bonds. The van der Waals surface area contributed by atoms with Crippen molar-refractivity contribution in [2.45, 2.75) is 23.8 Å². The molecule has 0 aliphatic heterocycles. The Kier molecular flexibility index (Phi) is 5.85. The van der Waals surface area contributed by atoms with Crippen LogP contribution in [0.1, 0.15) is 11.1 Å². The van der Waals surface area contributed by atoms with E-state index in [2.05, 4.69) is 14.7 Å². The standard InChI is InChI=1S/C19H18N4O4S2/c1-12-6-4-7-13(2)18(12)16-11-17(28-3)21-19(20-16)22-29(26,27)15-9-5-8-14(10-15)23(24)25/h4-11H,1-3H3,(H,20,21,22). The summed E-state index contributed by atoms with van der Waals surface area (Å²) in [6.07, 6.45) is 1.83. The molecule has 150 valence electrons. The fraction of sp³-hybridized carbons (Fsp3) is 0.158. The molecule has 0 saturated heterocycles. The smallest absolute Gasteiger partial charge is 0.258 e. The molecular weight excluding hydrogens is 412 g/mol. The number of nitro groups is 1. The first-order valence-corrected chi connectivity index (χ1v) is 11.2. The number of benzene rings is 2. The first-order chi connectivity index (χ1) is 13.7. The Morgan fingerprint density at radius 2 is 1.69 bits per heavy atom. The van der Waals surface area contributed by atoms with E-state index in [9.17, 15) is 18.5 Å². The number of hydrogen-bond acceptors (Lipinski definition) is 7. The highest BCUT2D eigenvalue weighted by Gasteiger charge is 2.20. The molecule has 0 spiro atoms. The molecule has 0 bridgehead atoms. The van der Waals surface area contributed by atoms with Crippen molar-refractivity contribution in [3.63, 3.8) is 0 Å². The van der Waals surface area contributed by atoms with Crippen LogP contribution in [-0.4, -0.2) is 29.6 Å². The van der Waals surface area contributed by atoms with E-state index >= 15 is 0 Å². The molecule has 1 heterocycles. The van der Waals surface area contributed by atoms with Gasteiger partial charge in [-0.15, -0.1) is 11.8 Å². The number of thioether (sulfide) groups is 1. The quantitative estimate of drug-likeness (QED) is 0.270. The number of nitrogens with one attached hydrogen (secondary N) is 1. The number of nitro benzene ring substituents is 1. The second-order valence-corrected chi connectivity index (χ2v) is 8.75. The lowest BCUT2D eigenvalue weighted by Gasteiger charge is -2.13. The van der Waals surface area contributed by atoms with E-state index in [0.717, 1.165) is 22.8 Å². The van der Waals surface area contributed by atoms with E-state index in [0.29, 0.717) is 10.7 Å². The molecule has 8 nitrogen and oxygen atoms in total. The lowest BCUT2D eigenvalue weighted by atomic mass is 10.00. The summed E-state index contributed by atoms with van der Waals surface area (Å²) in [6.45, 7) is 3.91. The van der Waals surface area contributed by atoms with Gasteiger partial charge in [0.25, 0.3) is 15.7 Å². The fourth-order valence-electron chi connectivity index (χ4n) is 2.87. The van der Waals surface area contributed by atoms with Crippen molar-refractivity contribution in [2.24, 2.45) is 0 Å². The first-order valence-electron chi connectivity index (χ1n) is 8.48. The van der Waals surface area contributed by atoms with Gasteiger partial charge in [-0.1, -0.05) is 24.3 Å². The summed E-state index contributed by atoms with van der Waals surface area (Å²) in [5.41, 5.74) is 3.19. The molecule has 0 saturated carbocycles. The van der Waals surface area contributed by atoms with Crippen LogP contribution >= 0.6 is 11.8 Å². The van der Waals surface area contributed by atoms with Crippen LogP contribution in [-0.2, 0) is 10.0 Å². The van der Waals surface area contributed by atoms with Gasteiger partial charge in [0.1, 0.15) is 5.03 Å².